The second kappa shape index (κ2) is 8.77. The van der Waals surface area contributed by atoms with E-state index in [1.54, 1.807) is 12.1 Å². The lowest BCUT2D eigenvalue weighted by Gasteiger charge is -2.21. The van der Waals surface area contributed by atoms with Crippen LogP contribution in [-0.2, 0) is 4.79 Å². The van der Waals surface area contributed by atoms with Crippen LogP contribution < -0.4 is 15.8 Å². The molecule has 0 saturated carbocycles. The van der Waals surface area contributed by atoms with E-state index in [-0.39, 0.29) is 11.5 Å². The Hall–Kier alpha value is -2.35. The van der Waals surface area contributed by atoms with Gasteiger partial charge < -0.3 is 14.6 Å². The maximum atomic E-state index is 12.7. The first-order chi connectivity index (χ1) is 13.5. The maximum Gasteiger partial charge on any atom is 0.344 e. The van der Waals surface area contributed by atoms with E-state index in [1.807, 2.05) is 53.8 Å². The number of anilines is 2. The number of rotatable bonds is 6. The maximum absolute atomic E-state index is 12.7. The molecule has 0 saturated heterocycles. The summed E-state index contributed by atoms with van der Waals surface area (Å²) in [4.78, 5) is 26.5. The monoisotopic (exact) mass is 490 g/mol. The lowest BCUT2D eigenvalue weighted by molar-refractivity contribution is -0.113. The molecule has 0 aliphatic rings. The molecule has 5 nitrogen and oxygen atoms in total. The number of aryl methyl sites for hydroxylation is 1. The fourth-order valence-electron chi connectivity index (χ4n) is 3.38. The van der Waals surface area contributed by atoms with Crippen LogP contribution in [0.15, 0.2) is 51.7 Å². The van der Waals surface area contributed by atoms with Crippen molar-refractivity contribution >= 4 is 50.8 Å². The van der Waals surface area contributed by atoms with Crippen LogP contribution in [0.1, 0.15) is 19.4 Å². The zero-order valence-corrected chi connectivity index (χ0v) is 18.4. The van der Waals surface area contributed by atoms with Gasteiger partial charge in [-0.1, -0.05) is 34.7 Å². The third-order valence-corrected chi connectivity index (χ3v) is 5.55. The van der Waals surface area contributed by atoms with E-state index in [4.69, 9.17) is 4.42 Å². The van der Waals surface area contributed by atoms with Gasteiger partial charge in [-0.05, 0) is 56.2 Å². The van der Waals surface area contributed by atoms with Crippen molar-refractivity contribution in [3.8, 4) is 11.1 Å². The van der Waals surface area contributed by atoms with Crippen molar-refractivity contribution in [3.63, 3.8) is 0 Å². The minimum Gasteiger partial charge on any atom is -0.422 e. The molecular formula is C22H23IN2O3. The lowest BCUT2D eigenvalue weighted by Crippen LogP contribution is -2.21. The topological polar surface area (TPSA) is 62.6 Å². The Morgan fingerprint density at radius 2 is 1.79 bits per heavy atom. The summed E-state index contributed by atoms with van der Waals surface area (Å²) in [5, 5.41) is 3.73. The van der Waals surface area contributed by atoms with Crippen molar-refractivity contribution in [1.29, 1.82) is 0 Å². The quantitative estimate of drug-likeness (QED) is 0.301. The molecule has 6 heteroatoms. The zero-order valence-electron chi connectivity index (χ0n) is 16.2. The number of carbonyl (C=O) groups excluding carboxylic acids is 1. The van der Waals surface area contributed by atoms with Gasteiger partial charge in [0.2, 0.25) is 5.91 Å². The third kappa shape index (κ3) is 4.06. The van der Waals surface area contributed by atoms with E-state index in [9.17, 15) is 9.59 Å². The van der Waals surface area contributed by atoms with Gasteiger partial charge in [0.25, 0.3) is 0 Å². The molecule has 3 rings (SSSR count). The standard InChI is InChI=1S/C22H23IN2O3/c1-4-25(5-2)17-10-11-18-14(3)21(22(27)28-19(18)12-17)15-6-8-16(9-7-15)24-20(26)13-23/h6-12H,4-5,13H2,1-3H3,(H,24,26). The van der Waals surface area contributed by atoms with Crippen LogP contribution in [0.25, 0.3) is 22.1 Å². The fraction of sp³-hybridized carbons (Fsp3) is 0.273. The van der Waals surface area contributed by atoms with Gasteiger partial charge in [0.15, 0.2) is 0 Å². The normalized spacial score (nSPS) is 10.9. The van der Waals surface area contributed by atoms with Gasteiger partial charge in [-0.3, -0.25) is 4.79 Å². The SMILES string of the molecule is CCN(CC)c1ccc2c(C)c(-c3ccc(NC(=O)CI)cc3)c(=O)oc2c1. The molecule has 0 unspecified atom stereocenters. The van der Waals surface area contributed by atoms with Gasteiger partial charge in [-0.25, -0.2) is 4.79 Å². The van der Waals surface area contributed by atoms with Crippen LogP contribution in [0, 0.1) is 6.92 Å². The van der Waals surface area contributed by atoms with Crippen molar-refractivity contribution in [3.05, 3.63) is 58.4 Å². The second-order valence-electron chi connectivity index (χ2n) is 6.50. The molecule has 0 radical (unpaired) electrons. The van der Waals surface area contributed by atoms with Crippen molar-refractivity contribution in [2.24, 2.45) is 0 Å². The summed E-state index contributed by atoms with van der Waals surface area (Å²) in [6.07, 6.45) is 0. The molecule has 146 valence electrons. The third-order valence-electron chi connectivity index (χ3n) is 4.86. The number of fused-ring (bicyclic) bond motifs is 1. The number of benzene rings is 2. The molecule has 1 heterocycles. The average molecular weight is 490 g/mol. The minimum absolute atomic E-state index is 0.0567. The predicted molar refractivity (Wildman–Crippen MR) is 124 cm³/mol. The average Bonchev–Trinajstić information content (AvgIpc) is 2.70. The van der Waals surface area contributed by atoms with E-state index in [0.717, 1.165) is 35.3 Å². The molecule has 2 aromatic carbocycles. The minimum atomic E-state index is -0.356. The molecule has 3 aromatic rings. The molecule has 28 heavy (non-hydrogen) atoms. The summed E-state index contributed by atoms with van der Waals surface area (Å²) in [5.74, 6) is -0.0567. The summed E-state index contributed by atoms with van der Waals surface area (Å²) in [7, 11) is 0. The van der Waals surface area contributed by atoms with Crippen LogP contribution >= 0.6 is 22.6 Å². The van der Waals surface area contributed by atoms with Gasteiger partial charge >= 0.3 is 5.63 Å². The summed E-state index contributed by atoms with van der Waals surface area (Å²) >= 11 is 2.01. The molecule has 0 atom stereocenters. The van der Waals surface area contributed by atoms with Crippen LogP contribution in [0.3, 0.4) is 0 Å². The smallest absolute Gasteiger partial charge is 0.344 e. The summed E-state index contributed by atoms with van der Waals surface area (Å²) in [6.45, 7) is 7.93. The van der Waals surface area contributed by atoms with Gasteiger partial charge in [-0.2, -0.15) is 0 Å². The Bertz CT molecular complexity index is 1050. The van der Waals surface area contributed by atoms with E-state index in [0.29, 0.717) is 21.3 Å². The zero-order chi connectivity index (χ0) is 20.3. The highest BCUT2D eigenvalue weighted by atomic mass is 127. The number of carbonyl (C=O) groups is 1. The van der Waals surface area contributed by atoms with Gasteiger partial charge in [-0.15, -0.1) is 0 Å². The molecule has 1 amide bonds. The van der Waals surface area contributed by atoms with Crippen molar-refractivity contribution in [2.45, 2.75) is 20.8 Å². The van der Waals surface area contributed by atoms with Crippen molar-refractivity contribution < 1.29 is 9.21 Å². The van der Waals surface area contributed by atoms with E-state index in [1.165, 1.54) is 0 Å². The number of alkyl halides is 1. The summed E-state index contributed by atoms with van der Waals surface area (Å²) < 4.78 is 6.06. The molecular weight excluding hydrogens is 467 g/mol. The Balaban J connectivity index is 2.04. The first kappa shape index (κ1) is 20.4. The Morgan fingerprint density at radius 1 is 1.11 bits per heavy atom. The first-order valence-electron chi connectivity index (χ1n) is 9.27. The number of nitrogens with zero attached hydrogens (tertiary/aromatic N) is 1. The van der Waals surface area contributed by atoms with E-state index in [2.05, 4.69) is 30.1 Å². The van der Waals surface area contributed by atoms with Gasteiger partial charge in [0.1, 0.15) is 5.58 Å². The number of amides is 1. The Kier molecular flexibility index (Phi) is 6.39. The molecule has 0 aliphatic carbocycles. The highest BCUT2D eigenvalue weighted by Gasteiger charge is 2.15. The van der Waals surface area contributed by atoms with Gasteiger partial charge in [0.05, 0.1) is 9.99 Å². The van der Waals surface area contributed by atoms with E-state index >= 15 is 0 Å². The Morgan fingerprint density at radius 3 is 2.39 bits per heavy atom. The van der Waals surface area contributed by atoms with Crippen LogP contribution in [0.5, 0.6) is 0 Å². The number of nitrogens with one attached hydrogen (secondary N) is 1. The number of halogens is 1. The second-order valence-corrected chi connectivity index (χ2v) is 7.26. The molecule has 0 spiro atoms. The summed E-state index contributed by atoms with van der Waals surface area (Å²) in [6, 6.07) is 13.3. The molecule has 1 aromatic heterocycles. The lowest BCUT2D eigenvalue weighted by atomic mass is 9.99. The predicted octanol–water partition coefficient (Wildman–Crippen LogP) is 4.99. The van der Waals surface area contributed by atoms with Crippen molar-refractivity contribution in [1.82, 2.24) is 0 Å². The highest BCUT2D eigenvalue weighted by Crippen LogP contribution is 2.30. The fourth-order valence-corrected chi connectivity index (χ4v) is 3.57. The van der Waals surface area contributed by atoms with E-state index < -0.39 is 0 Å². The van der Waals surface area contributed by atoms with Crippen molar-refractivity contribution in [2.75, 3.05) is 27.7 Å². The molecule has 0 bridgehead atoms. The number of hydrogen-bond donors (Lipinski definition) is 1. The highest BCUT2D eigenvalue weighted by molar-refractivity contribution is 14.1. The Labute approximate surface area is 177 Å². The summed E-state index contributed by atoms with van der Waals surface area (Å²) in [5.41, 5.74) is 4.21. The first-order valence-corrected chi connectivity index (χ1v) is 10.8. The molecule has 0 fully saturated rings. The number of hydrogen-bond acceptors (Lipinski definition) is 4. The largest absolute Gasteiger partial charge is 0.422 e. The van der Waals surface area contributed by atoms with Gasteiger partial charge in [0, 0.05) is 35.9 Å². The molecule has 0 aliphatic heterocycles. The molecule has 1 N–H and O–H groups in total. The van der Waals surface area contributed by atoms with Crippen LogP contribution in [-0.4, -0.2) is 23.4 Å². The van der Waals surface area contributed by atoms with Crippen LogP contribution in [0.2, 0.25) is 0 Å². The van der Waals surface area contributed by atoms with Crippen LogP contribution in [0.4, 0.5) is 11.4 Å².